The number of likely N-dealkylation sites (tertiary alicyclic amines) is 1. The molecule has 2 fully saturated rings. The van der Waals surface area contributed by atoms with E-state index in [0.717, 1.165) is 50.7 Å². The molecule has 0 saturated carbocycles. The average molecular weight is 326 g/mol. The fraction of sp³-hybridized carbons (Fsp3) is 0.529. The highest BCUT2D eigenvalue weighted by atomic mass is 16.2. The molecule has 0 aromatic carbocycles. The lowest BCUT2D eigenvalue weighted by Crippen LogP contribution is -2.30. The van der Waals surface area contributed by atoms with Crippen LogP contribution in [0.1, 0.15) is 42.6 Å². The molecule has 0 aliphatic carbocycles. The van der Waals surface area contributed by atoms with Gasteiger partial charge in [0.2, 0.25) is 0 Å². The summed E-state index contributed by atoms with van der Waals surface area (Å²) in [5, 5.41) is 0. The lowest BCUT2D eigenvalue weighted by molar-refractivity contribution is 0.0787. The predicted octanol–water partition coefficient (Wildman–Crippen LogP) is 1.89. The highest BCUT2D eigenvalue weighted by molar-refractivity contribution is 5.92. The van der Waals surface area contributed by atoms with E-state index in [1.54, 1.807) is 23.4 Å². The Morgan fingerprint density at radius 2 is 1.58 bits per heavy atom. The lowest BCUT2D eigenvalue weighted by atomic mass is 10.1. The highest BCUT2D eigenvalue weighted by Crippen LogP contribution is 2.19. The van der Waals surface area contributed by atoms with Gasteiger partial charge in [-0.25, -0.2) is 15.0 Å². The average Bonchev–Trinajstić information content (AvgIpc) is 3.34. The Hall–Kier alpha value is -2.44. The molecule has 0 N–H and O–H groups in total. The largest absolute Gasteiger partial charge is 0.356 e. The monoisotopic (exact) mass is 326 g/mol. The second kappa shape index (κ2) is 6.59. The SMILES string of the molecule is O=C(c1cn(-c2cc(N3CCCCC3)ncn2)cn1)N1CCCC1. The Labute approximate surface area is 141 Å². The topological polar surface area (TPSA) is 67.2 Å². The molecule has 7 heteroatoms. The van der Waals surface area contributed by atoms with Crippen molar-refractivity contribution >= 4 is 11.7 Å². The Morgan fingerprint density at radius 3 is 2.38 bits per heavy atom. The van der Waals surface area contributed by atoms with Gasteiger partial charge in [0.1, 0.15) is 30.0 Å². The number of aromatic nitrogens is 4. The first-order valence-electron chi connectivity index (χ1n) is 8.72. The number of nitrogens with zero attached hydrogens (tertiary/aromatic N) is 6. The summed E-state index contributed by atoms with van der Waals surface area (Å²) in [6.45, 7) is 3.74. The summed E-state index contributed by atoms with van der Waals surface area (Å²) in [5.74, 6) is 1.70. The number of anilines is 1. The zero-order valence-corrected chi connectivity index (χ0v) is 13.8. The van der Waals surface area contributed by atoms with E-state index in [1.807, 2.05) is 11.0 Å². The molecule has 2 saturated heterocycles. The molecule has 7 nitrogen and oxygen atoms in total. The second-order valence-corrected chi connectivity index (χ2v) is 6.45. The molecule has 0 bridgehead atoms. The van der Waals surface area contributed by atoms with Crippen molar-refractivity contribution in [1.82, 2.24) is 24.4 Å². The van der Waals surface area contributed by atoms with E-state index in [0.29, 0.717) is 5.69 Å². The number of carbonyl (C=O) groups is 1. The minimum absolute atomic E-state index is 0.0107. The maximum Gasteiger partial charge on any atom is 0.274 e. The van der Waals surface area contributed by atoms with E-state index in [2.05, 4.69) is 19.9 Å². The highest BCUT2D eigenvalue weighted by Gasteiger charge is 2.21. The van der Waals surface area contributed by atoms with Crippen molar-refractivity contribution in [3.63, 3.8) is 0 Å². The van der Waals surface area contributed by atoms with E-state index < -0.39 is 0 Å². The van der Waals surface area contributed by atoms with Crippen molar-refractivity contribution in [1.29, 1.82) is 0 Å². The van der Waals surface area contributed by atoms with Crippen LogP contribution in [0.3, 0.4) is 0 Å². The Balaban J connectivity index is 1.54. The predicted molar refractivity (Wildman–Crippen MR) is 90.4 cm³/mol. The van der Waals surface area contributed by atoms with Crippen molar-refractivity contribution in [3.8, 4) is 5.82 Å². The molecular formula is C17H22N6O. The zero-order chi connectivity index (χ0) is 16.4. The summed E-state index contributed by atoms with van der Waals surface area (Å²) in [6.07, 6.45) is 10.9. The van der Waals surface area contributed by atoms with Gasteiger partial charge in [-0.2, -0.15) is 0 Å². The van der Waals surface area contributed by atoms with Gasteiger partial charge in [-0.1, -0.05) is 0 Å². The third-order valence-corrected chi connectivity index (χ3v) is 4.78. The van der Waals surface area contributed by atoms with E-state index in [4.69, 9.17) is 0 Å². The molecule has 0 radical (unpaired) electrons. The van der Waals surface area contributed by atoms with Gasteiger partial charge in [-0.15, -0.1) is 0 Å². The zero-order valence-electron chi connectivity index (χ0n) is 13.8. The smallest absolute Gasteiger partial charge is 0.274 e. The molecule has 0 spiro atoms. The summed E-state index contributed by atoms with van der Waals surface area (Å²) in [6, 6.07) is 1.97. The maximum atomic E-state index is 12.4. The quantitative estimate of drug-likeness (QED) is 0.861. The van der Waals surface area contributed by atoms with E-state index >= 15 is 0 Å². The van der Waals surface area contributed by atoms with Crippen molar-refractivity contribution in [2.24, 2.45) is 0 Å². The van der Waals surface area contributed by atoms with E-state index in [1.165, 1.54) is 19.3 Å². The molecule has 2 aliphatic heterocycles. The number of piperidine rings is 1. The number of rotatable bonds is 3. The van der Waals surface area contributed by atoms with Crippen LogP contribution in [0.25, 0.3) is 5.82 Å². The van der Waals surface area contributed by atoms with Crippen LogP contribution in [0.4, 0.5) is 5.82 Å². The first-order valence-corrected chi connectivity index (χ1v) is 8.72. The van der Waals surface area contributed by atoms with Crippen LogP contribution < -0.4 is 4.90 Å². The van der Waals surface area contributed by atoms with E-state index in [9.17, 15) is 4.79 Å². The third kappa shape index (κ3) is 2.98. The van der Waals surface area contributed by atoms with Crippen LogP contribution in [-0.2, 0) is 0 Å². The van der Waals surface area contributed by atoms with Gasteiger partial charge >= 0.3 is 0 Å². The maximum absolute atomic E-state index is 12.4. The molecule has 2 aromatic heterocycles. The molecule has 24 heavy (non-hydrogen) atoms. The summed E-state index contributed by atoms with van der Waals surface area (Å²) in [5.41, 5.74) is 0.482. The minimum atomic E-state index is 0.0107. The van der Waals surface area contributed by atoms with Crippen molar-refractivity contribution in [2.75, 3.05) is 31.1 Å². The first kappa shape index (κ1) is 15.1. The van der Waals surface area contributed by atoms with Gasteiger partial charge in [-0.3, -0.25) is 9.36 Å². The Kier molecular flexibility index (Phi) is 4.15. The Bertz CT molecular complexity index is 715. The molecule has 2 aromatic rings. The van der Waals surface area contributed by atoms with Gasteiger partial charge in [-0.05, 0) is 32.1 Å². The first-order chi connectivity index (χ1) is 11.8. The Morgan fingerprint density at radius 1 is 0.875 bits per heavy atom. The minimum Gasteiger partial charge on any atom is -0.356 e. The number of amides is 1. The molecule has 2 aliphatic rings. The summed E-state index contributed by atoms with van der Waals surface area (Å²) >= 11 is 0. The molecule has 1 amide bonds. The summed E-state index contributed by atoms with van der Waals surface area (Å²) in [7, 11) is 0. The summed E-state index contributed by atoms with van der Waals surface area (Å²) in [4.78, 5) is 29.6. The number of carbonyl (C=O) groups excluding carboxylic acids is 1. The third-order valence-electron chi connectivity index (χ3n) is 4.78. The fourth-order valence-electron chi connectivity index (χ4n) is 3.42. The van der Waals surface area contributed by atoms with E-state index in [-0.39, 0.29) is 5.91 Å². The number of hydrogen-bond donors (Lipinski definition) is 0. The number of hydrogen-bond acceptors (Lipinski definition) is 5. The van der Waals surface area contributed by atoms with Crippen LogP contribution >= 0.6 is 0 Å². The van der Waals surface area contributed by atoms with Gasteiger partial charge in [0.05, 0.1) is 0 Å². The lowest BCUT2D eigenvalue weighted by Gasteiger charge is -2.27. The molecular weight excluding hydrogens is 304 g/mol. The molecule has 0 unspecified atom stereocenters. The van der Waals surface area contributed by atoms with Crippen molar-refractivity contribution < 1.29 is 4.79 Å². The summed E-state index contributed by atoms with van der Waals surface area (Å²) < 4.78 is 1.80. The normalized spacial score (nSPS) is 18.2. The number of imidazole rings is 1. The van der Waals surface area contributed by atoms with Crippen molar-refractivity contribution in [2.45, 2.75) is 32.1 Å². The van der Waals surface area contributed by atoms with Crippen molar-refractivity contribution in [3.05, 3.63) is 30.6 Å². The van der Waals surface area contributed by atoms with Gasteiger partial charge < -0.3 is 9.80 Å². The van der Waals surface area contributed by atoms with Crippen LogP contribution in [0.5, 0.6) is 0 Å². The standard InChI is InChI=1S/C17H22N6O/c24-17(22-8-4-5-9-22)14-11-23(13-20-14)16-10-15(18-12-19-16)21-6-2-1-3-7-21/h10-13H,1-9H2. The van der Waals surface area contributed by atoms with Crippen LogP contribution in [0.15, 0.2) is 24.9 Å². The molecule has 4 heterocycles. The van der Waals surface area contributed by atoms with Crippen LogP contribution in [-0.4, -0.2) is 56.5 Å². The van der Waals surface area contributed by atoms with Crippen LogP contribution in [0, 0.1) is 0 Å². The molecule has 4 rings (SSSR count). The second-order valence-electron chi connectivity index (χ2n) is 6.45. The van der Waals surface area contributed by atoms with Gasteiger partial charge in [0, 0.05) is 38.4 Å². The van der Waals surface area contributed by atoms with Gasteiger partial charge in [0.25, 0.3) is 5.91 Å². The van der Waals surface area contributed by atoms with Crippen LogP contribution in [0.2, 0.25) is 0 Å². The fourth-order valence-corrected chi connectivity index (χ4v) is 3.42. The molecule has 0 atom stereocenters. The molecule has 126 valence electrons. The van der Waals surface area contributed by atoms with Gasteiger partial charge in [0.15, 0.2) is 0 Å².